The molecule has 7 nitrogen and oxygen atoms in total. The molecule has 8 heteroatoms. The van der Waals surface area contributed by atoms with Gasteiger partial charge >= 0.3 is 11.8 Å². The van der Waals surface area contributed by atoms with Crippen molar-refractivity contribution in [2.45, 2.75) is 24.9 Å². The van der Waals surface area contributed by atoms with E-state index in [0.29, 0.717) is 10.7 Å². The molecule has 2 amide bonds. The lowest BCUT2D eigenvalue weighted by atomic mass is 9.86. The lowest BCUT2D eigenvalue weighted by molar-refractivity contribution is -0.137. The summed E-state index contributed by atoms with van der Waals surface area (Å²) in [5.41, 5.74) is 1.36. The molecule has 0 bridgehead atoms. The highest BCUT2D eigenvalue weighted by Gasteiger charge is 2.32. The number of carbonyl (C=O) groups is 2. The molecule has 1 aromatic carbocycles. The maximum absolute atomic E-state index is 12.2. The van der Waals surface area contributed by atoms with E-state index in [1.165, 1.54) is 0 Å². The second-order valence-electron chi connectivity index (χ2n) is 6.54. The molecule has 138 valence electrons. The molecular weight excluding hydrogens is 366 g/mol. The van der Waals surface area contributed by atoms with Crippen molar-refractivity contribution >= 4 is 45.8 Å². The number of nitrogens with one attached hydrogen (secondary N) is 4. The smallest absolute Gasteiger partial charge is 0.313 e. The van der Waals surface area contributed by atoms with Crippen molar-refractivity contribution in [2.75, 3.05) is 10.6 Å². The average molecular weight is 384 g/mol. The van der Waals surface area contributed by atoms with Crippen molar-refractivity contribution in [3.8, 4) is 0 Å². The van der Waals surface area contributed by atoms with E-state index < -0.39 is 11.8 Å². The molecule has 4 rings (SSSR count). The molecule has 0 radical (unpaired) electrons. The van der Waals surface area contributed by atoms with Gasteiger partial charge in [-0.1, -0.05) is 17.7 Å². The molecule has 1 fully saturated rings. The summed E-state index contributed by atoms with van der Waals surface area (Å²) in [7, 11) is 0. The molecule has 1 aliphatic carbocycles. The zero-order valence-electron chi connectivity index (χ0n) is 14.3. The number of aromatic nitrogens is 2. The zero-order chi connectivity index (χ0) is 18.8. The Morgan fingerprint density at radius 2 is 1.96 bits per heavy atom. The number of pyridine rings is 1. The van der Waals surface area contributed by atoms with Crippen LogP contribution in [0.2, 0.25) is 5.02 Å². The van der Waals surface area contributed by atoms with E-state index in [4.69, 9.17) is 11.6 Å². The van der Waals surface area contributed by atoms with Gasteiger partial charge in [0.15, 0.2) is 0 Å². The van der Waals surface area contributed by atoms with Crippen LogP contribution in [0, 0.1) is 0 Å². The third kappa shape index (κ3) is 3.88. The highest BCUT2D eigenvalue weighted by Crippen LogP contribution is 2.26. The van der Waals surface area contributed by atoms with Gasteiger partial charge in [0.25, 0.3) is 0 Å². The Balaban J connectivity index is 1.29. The number of benzene rings is 1. The first-order chi connectivity index (χ1) is 13.1. The molecule has 0 spiro atoms. The SMILES string of the molecule is O=C(Nc1c[nH]c2ccc(Cl)cc12)C(=O)NC1CC(Nc2ccccn2)C1. The van der Waals surface area contributed by atoms with Gasteiger partial charge in [-0.05, 0) is 43.2 Å². The Bertz CT molecular complexity index is 982. The molecule has 3 aromatic rings. The summed E-state index contributed by atoms with van der Waals surface area (Å²) in [5.74, 6) is -0.535. The van der Waals surface area contributed by atoms with Gasteiger partial charge in [0.1, 0.15) is 5.82 Å². The van der Waals surface area contributed by atoms with Gasteiger partial charge in [-0.15, -0.1) is 0 Å². The van der Waals surface area contributed by atoms with Crippen LogP contribution >= 0.6 is 11.6 Å². The standard InChI is InChI=1S/C19H18ClN5O2/c20-11-4-5-15-14(7-11)16(10-22-15)25-19(27)18(26)24-13-8-12(9-13)23-17-3-1-2-6-21-17/h1-7,10,12-13,22H,8-9H2,(H,21,23)(H,24,26)(H,25,27). The maximum Gasteiger partial charge on any atom is 0.313 e. The Hall–Kier alpha value is -3.06. The number of anilines is 2. The monoisotopic (exact) mass is 383 g/mol. The number of hydrogen-bond acceptors (Lipinski definition) is 4. The van der Waals surface area contributed by atoms with Crippen molar-refractivity contribution in [1.29, 1.82) is 0 Å². The number of carbonyl (C=O) groups excluding carboxylic acids is 2. The molecule has 4 N–H and O–H groups in total. The molecule has 2 heterocycles. The zero-order valence-corrected chi connectivity index (χ0v) is 15.1. The van der Waals surface area contributed by atoms with Crippen molar-refractivity contribution in [3.63, 3.8) is 0 Å². The van der Waals surface area contributed by atoms with Crippen LogP contribution in [-0.4, -0.2) is 33.9 Å². The Morgan fingerprint density at radius 1 is 1.11 bits per heavy atom. The second-order valence-corrected chi connectivity index (χ2v) is 6.98. The van der Waals surface area contributed by atoms with Crippen molar-refractivity contribution in [2.24, 2.45) is 0 Å². The summed E-state index contributed by atoms with van der Waals surface area (Å²) in [6, 6.07) is 11.2. The minimum absolute atomic E-state index is 0.0260. The molecule has 0 atom stereocenters. The second kappa shape index (κ2) is 7.28. The molecular formula is C19H18ClN5O2. The third-order valence-corrected chi connectivity index (χ3v) is 4.82. The maximum atomic E-state index is 12.2. The number of H-pyrrole nitrogens is 1. The van der Waals surface area contributed by atoms with Crippen molar-refractivity contribution < 1.29 is 9.59 Å². The number of hydrogen-bond donors (Lipinski definition) is 4. The van der Waals surface area contributed by atoms with E-state index in [-0.39, 0.29) is 12.1 Å². The molecule has 27 heavy (non-hydrogen) atoms. The van der Waals surface area contributed by atoms with Gasteiger partial charge in [-0.25, -0.2) is 4.98 Å². The van der Waals surface area contributed by atoms with Gasteiger partial charge in [0.05, 0.1) is 5.69 Å². The van der Waals surface area contributed by atoms with Crippen molar-refractivity contribution in [3.05, 3.63) is 53.8 Å². The minimum atomic E-state index is -0.697. The topological polar surface area (TPSA) is 98.9 Å². The Kier molecular flexibility index (Phi) is 4.68. The number of halogens is 1. The summed E-state index contributed by atoms with van der Waals surface area (Å²) in [5, 5.41) is 9.99. The summed E-state index contributed by atoms with van der Waals surface area (Å²) in [4.78, 5) is 31.6. The lowest BCUT2D eigenvalue weighted by Crippen LogP contribution is -2.52. The molecule has 0 unspecified atom stereocenters. The van der Waals surface area contributed by atoms with Gasteiger partial charge in [0.2, 0.25) is 0 Å². The minimum Gasteiger partial charge on any atom is -0.367 e. The Morgan fingerprint density at radius 3 is 2.74 bits per heavy atom. The van der Waals surface area contributed by atoms with Gasteiger partial charge < -0.3 is 20.9 Å². The molecule has 0 aliphatic heterocycles. The summed E-state index contributed by atoms with van der Waals surface area (Å²) >= 11 is 6.00. The average Bonchev–Trinajstić information content (AvgIpc) is 3.02. The van der Waals surface area contributed by atoms with Crippen molar-refractivity contribution in [1.82, 2.24) is 15.3 Å². The quantitative estimate of drug-likeness (QED) is 0.520. The fourth-order valence-corrected chi connectivity index (χ4v) is 3.31. The van der Waals surface area contributed by atoms with Crippen LogP contribution < -0.4 is 16.0 Å². The largest absolute Gasteiger partial charge is 0.367 e. The van der Waals surface area contributed by atoms with E-state index in [0.717, 1.165) is 29.6 Å². The first kappa shape index (κ1) is 17.4. The van der Waals surface area contributed by atoms with Crippen LogP contribution in [0.15, 0.2) is 48.8 Å². The first-order valence-electron chi connectivity index (χ1n) is 8.64. The fourth-order valence-electron chi connectivity index (χ4n) is 3.14. The fraction of sp³-hybridized carbons (Fsp3) is 0.211. The Labute approximate surface area is 160 Å². The van der Waals surface area contributed by atoms with E-state index in [2.05, 4.69) is 25.9 Å². The van der Waals surface area contributed by atoms with Crippen LogP contribution in [0.3, 0.4) is 0 Å². The summed E-state index contributed by atoms with van der Waals surface area (Å²) in [6.07, 6.45) is 4.86. The number of fused-ring (bicyclic) bond motifs is 1. The third-order valence-electron chi connectivity index (χ3n) is 4.59. The van der Waals surface area contributed by atoms with E-state index >= 15 is 0 Å². The van der Waals surface area contributed by atoms with Crippen LogP contribution in [0.4, 0.5) is 11.5 Å². The first-order valence-corrected chi connectivity index (χ1v) is 9.02. The van der Waals surface area contributed by atoms with E-state index in [1.54, 1.807) is 24.5 Å². The lowest BCUT2D eigenvalue weighted by Gasteiger charge is -2.36. The van der Waals surface area contributed by atoms with Crippen LogP contribution in [0.5, 0.6) is 0 Å². The summed E-state index contributed by atoms with van der Waals surface area (Å²) < 4.78 is 0. The van der Waals surface area contributed by atoms with Crippen LogP contribution in [-0.2, 0) is 9.59 Å². The van der Waals surface area contributed by atoms with Crippen LogP contribution in [0.1, 0.15) is 12.8 Å². The number of rotatable bonds is 4. The van der Waals surface area contributed by atoms with E-state index in [9.17, 15) is 9.59 Å². The van der Waals surface area contributed by atoms with Crippen LogP contribution in [0.25, 0.3) is 10.9 Å². The highest BCUT2D eigenvalue weighted by molar-refractivity contribution is 6.40. The predicted octanol–water partition coefficient (Wildman–Crippen LogP) is 2.91. The summed E-state index contributed by atoms with van der Waals surface area (Å²) in [6.45, 7) is 0. The molecule has 1 saturated carbocycles. The number of aromatic amines is 1. The molecule has 0 saturated heterocycles. The normalized spacial score (nSPS) is 18.6. The van der Waals surface area contributed by atoms with Gasteiger partial charge in [-0.3, -0.25) is 9.59 Å². The number of amides is 2. The molecule has 2 aromatic heterocycles. The predicted molar refractivity (Wildman–Crippen MR) is 105 cm³/mol. The van der Waals surface area contributed by atoms with Gasteiger partial charge in [-0.2, -0.15) is 0 Å². The number of nitrogens with zero attached hydrogens (tertiary/aromatic N) is 1. The molecule has 1 aliphatic rings. The highest BCUT2D eigenvalue weighted by atomic mass is 35.5. The van der Waals surface area contributed by atoms with E-state index in [1.807, 2.05) is 24.3 Å². The van der Waals surface area contributed by atoms with Gasteiger partial charge in [0, 0.05) is 40.4 Å².